The lowest BCUT2D eigenvalue weighted by Crippen LogP contribution is -2.55. The van der Waals surface area contributed by atoms with Crippen LogP contribution in [-0.2, 0) is 4.79 Å². The highest BCUT2D eigenvalue weighted by Crippen LogP contribution is 2.29. The fourth-order valence-corrected chi connectivity index (χ4v) is 2.58. The molecule has 0 bridgehead atoms. The Labute approximate surface area is 160 Å². The fraction of sp³-hybridized carbons (Fsp3) is 0.125. The summed E-state index contributed by atoms with van der Waals surface area (Å²) < 4.78 is -1.80. The third kappa shape index (κ3) is 4.98. The molecule has 0 saturated carbocycles. The first kappa shape index (κ1) is 18.8. The largest absolute Gasteiger partial charge is 0.339 e. The number of rotatable bonds is 4. The van der Waals surface area contributed by atoms with Crippen LogP contribution in [0.5, 0.6) is 0 Å². The Morgan fingerprint density at radius 3 is 2.46 bits per heavy atom. The zero-order valence-corrected chi connectivity index (χ0v) is 15.4. The normalized spacial score (nSPS) is 12.3. The number of carbonyl (C=O) groups excluding carboxylic acids is 1. The van der Waals surface area contributed by atoms with Gasteiger partial charge < -0.3 is 16.0 Å². The summed E-state index contributed by atoms with van der Waals surface area (Å²) in [6.07, 6.45) is 0.0506. The Morgan fingerprint density at radius 2 is 1.79 bits per heavy atom. The van der Waals surface area contributed by atoms with Crippen molar-refractivity contribution < 1.29 is 4.79 Å². The van der Waals surface area contributed by atoms with Gasteiger partial charge in [-0.25, -0.2) is 0 Å². The monoisotopic (exact) mass is 401 g/mol. The Morgan fingerprint density at radius 1 is 1.12 bits per heavy atom. The number of amides is 1. The number of hydrogen-bond donors (Lipinski definition) is 3. The summed E-state index contributed by atoms with van der Waals surface area (Å²) in [5.41, 5.74) is 0.795. The third-order valence-electron chi connectivity index (χ3n) is 3.11. The minimum Gasteiger partial charge on any atom is -0.339 e. The number of benzene rings is 2. The molecule has 126 valence electrons. The maximum absolute atomic E-state index is 11.5. The second kappa shape index (κ2) is 8.03. The Kier molecular flexibility index (Phi) is 6.29. The molecule has 0 radical (unpaired) electrons. The molecule has 0 spiro atoms. The minimum atomic E-state index is -1.80. The summed E-state index contributed by atoms with van der Waals surface area (Å²) in [6, 6.07) is 13.6. The summed E-state index contributed by atoms with van der Waals surface area (Å²) in [7, 11) is 0. The lowest BCUT2D eigenvalue weighted by molar-refractivity contribution is -0.117. The van der Waals surface area contributed by atoms with E-state index >= 15 is 0 Å². The fourth-order valence-electron chi connectivity index (χ4n) is 2.02. The van der Waals surface area contributed by atoms with Gasteiger partial charge in [0, 0.05) is 11.1 Å². The zero-order chi connectivity index (χ0) is 17.7. The van der Waals surface area contributed by atoms with E-state index < -0.39 is 15.9 Å². The van der Waals surface area contributed by atoms with Crippen LogP contribution >= 0.6 is 47.0 Å². The van der Waals surface area contributed by atoms with Gasteiger partial charge in [-0.15, -0.1) is 0 Å². The molecular weight excluding hydrogens is 389 g/mol. The van der Waals surface area contributed by atoms with Crippen molar-refractivity contribution in [2.45, 2.75) is 9.96 Å². The average molecular weight is 403 g/mol. The summed E-state index contributed by atoms with van der Waals surface area (Å²) in [4.78, 5) is 11.5. The van der Waals surface area contributed by atoms with Crippen molar-refractivity contribution in [2.24, 2.45) is 0 Å². The van der Waals surface area contributed by atoms with Gasteiger partial charge >= 0.3 is 0 Å². The lowest BCUT2D eigenvalue weighted by atomic mass is 10.1. The zero-order valence-electron chi connectivity index (χ0n) is 12.4. The summed E-state index contributed by atoms with van der Waals surface area (Å²) >= 11 is 22.9. The van der Waals surface area contributed by atoms with E-state index in [2.05, 4.69) is 22.5 Å². The van der Waals surface area contributed by atoms with Crippen LogP contribution in [0.25, 0.3) is 10.8 Å². The molecule has 0 aliphatic carbocycles. The SMILES string of the molecule is C=CC(=O)N[C@H](NC(=S)Nc1cccc2ccccc12)C(Cl)(Cl)Cl. The van der Waals surface area contributed by atoms with E-state index in [-0.39, 0.29) is 5.11 Å². The summed E-state index contributed by atoms with van der Waals surface area (Å²) in [5.74, 6) is -0.494. The van der Waals surface area contributed by atoms with Crippen molar-refractivity contribution in [1.82, 2.24) is 10.6 Å². The first-order valence-corrected chi connectivity index (χ1v) is 8.40. The Balaban J connectivity index is 2.15. The molecule has 24 heavy (non-hydrogen) atoms. The highest BCUT2D eigenvalue weighted by molar-refractivity contribution is 7.80. The topological polar surface area (TPSA) is 53.2 Å². The van der Waals surface area contributed by atoms with E-state index in [0.717, 1.165) is 22.5 Å². The van der Waals surface area contributed by atoms with Gasteiger partial charge in [0.15, 0.2) is 5.11 Å². The molecule has 0 aromatic heterocycles. The molecule has 2 aromatic rings. The van der Waals surface area contributed by atoms with E-state index in [4.69, 9.17) is 47.0 Å². The number of fused-ring (bicyclic) bond motifs is 1. The third-order valence-corrected chi connectivity index (χ3v) is 3.99. The molecular formula is C16H14Cl3N3OS. The van der Waals surface area contributed by atoms with E-state index in [0.29, 0.717) is 0 Å². The molecule has 8 heteroatoms. The summed E-state index contributed by atoms with van der Waals surface area (Å²) in [6.45, 7) is 3.36. The van der Waals surface area contributed by atoms with Crippen LogP contribution in [0.15, 0.2) is 55.1 Å². The van der Waals surface area contributed by atoms with Crippen LogP contribution in [0.1, 0.15) is 0 Å². The van der Waals surface area contributed by atoms with Crippen molar-refractivity contribution in [1.29, 1.82) is 0 Å². The van der Waals surface area contributed by atoms with Gasteiger partial charge in [0.25, 0.3) is 0 Å². The van der Waals surface area contributed by atoms with Gasteiger partial charge in [-0.3, -0.25) is 4.79 Å². The smallest absolute Gasteiger partial charge is 0.245 e. The van der Waals surface area contributed by atoms with Crippen molar-refractivity contribution in [3.8, 4) is 0 Å². The van der Waals surface area contributed by atoms with Crippen molar-refractivity contribution >= 4 is 74.5 Å². The van der Waals surface area contributed by atoms with E-state index in [9.17, 15) is 4.79 Å². The van der Waals surface area contributed by atoms with Crippen molar-refractivity contribution in [2.75, 3.05) is 5.32 Å². The molecule has 0 unspecified atom stereocenters. The van der Waals surface area contributed by atoms with Gasteiger partial charge in [-0.05, 0) is 29.7 Å². The number of anilines is 1. The van der Waals surface area contributed by atoms with Gasteiger partial charge in [-0.1, -0.05) is 77.8 Å². The van der Waals surface area contributed by atoms with E-state index in [1.54, 1.807) is 0 Å². The maximum atomic E-state index is 11.5. The molecule has 0 heterocycles. The number of alkyl halides is 3. The molecule has 0 fully saturated rings. The van der Waals surface area contributed by atoms with Gasteiger partial charge in [0.2, 0.25) is 9.70 Å². The Hall–Kier alpha value is -1.53. The van der Waals surface area contributed by atoms with Gasteiger partial charge in [0.05, 0.1) is 0 Å². The number of hydrogen-bond acceptors (Lipinski definition) is 2. The number of thiocarbonyl (C=S) groups is 1. The second-order valence-electron chi connectivity index (χ2n) is 4.81. The summed E-state index contributed by atoms with van der Waals surface area (Å²) in [5, 5.41) is 10.5. The molecule has 2 aromatic carbocycles. The molecule has 4 nitrogen and oxygen atoms in total. The van der Waals surface area contributed by atoms with Crippen LogP contribution in [-0.4, -0.2) is 21.0 Å². The van der Waals surface area contributed by atoms with Crippen LogP contribution in [0.4, 0.5) is 5.69 Å². The minimum absolute atomic E-state index is 0.201. The standard InChI is InChI=1S/C16H14Cl3N3OS/c1-2-13(23)21-14(16(17,18)19)22-15(24)20-12-9-5-7-10-6-3-4-8-11(10)12/h2-9,14H,1H2,(H,21,23)(H2,20,22,24)/t14-/m1/s1. The first-order valence-electron chi connectivity index (χ1n) is 6.86. The average Bonchev–Trinajstić information content (AvgIpc) is 2.53. The van der Waals surface area contributed by atoms with Crippen LogP contribution in [0.2, 0.25) is 0 Å². The number of halogens is 3. The highest BCUT2D eigenvalue weighted by Gasteiger charge is 2.34. The molecule has 2 rings (SSSR count). The number of nitrogens with one attached hydrogen (secondary N) is 3. The molecule has 0 aliphatic heterocycles. The van der Waals surface area contributed by atoms with Gasteiger partial charge in [-0.2, -0.15) is 0 Å². The molecule has 0 aliphatic rings. The molecule has 0 saturated heterocycles. The van der Waals surface area contributed by atoms with Crippen molar-refractivity contribution in [3.05, 3.63) is 55.1 Å². The van der Waals surface area contributed by atoms with E-state index in [1.165, 1.54) is 0 Å². The maximum Gasteiger partial charge on any atom is 0.245 e. The lowest BCUT2D eigenvalue weighted by Gasteiger charge is -2.27. The number of carbonyl (C=O) groups is 1. The molecule has 3 N–H and O–H groups in total. The first-order chi connectivity index (χ1) is 11.3. The van der Waals surface area contributed by atoms with Crippen molar-refractivity contribution in [3.63, 3.8) is 0 Å². The predicted molar refractivity (Wildman–Crippen MR) is 106 cm³/mol. The van der Waals surface area contributed by atoms with Crippen LogP contribution < -0.4 is 16.0 Å². The molecule has 1 amide bonds. The highest BCUT2D eigenvalue weighted by atomic mass is 35.6. The quantitative estimate of drug-likeness (QED) is 0.312. The van der Waals surface area contributed by atoms with E-state index in [1.807, 2.05) is 42.5 Å². The van der Waals surface area contributed by atoms with Crippen LogP contribution in [0.3, 0.4) is 0 Å². The predicted octanol–water partition coefficient (Wildman–Crippen LogP) is 4.12. The second-order valence-corrected chi connectivity index (χ2v) is 7.59. The molecule has 1 atom stereocenters. The Bertz CT molecular complexity index is 771. The van der Waals surface area contributed by atoms with Crippen LogP contribution in [0, 0.1) is 0 Å². The van der Waals surface area contributed by atoms with Gasteiger partial charge in [0.1, 0.15) is 6.17 Å².